The molecular weight excluding hydrogens is 430 g/mol. The number of ketones is 1. The van der Waals surface area contributed by atoms with Crippen LogP contribution in [-0.2, 0) is 21.2 Å². The number of nitro groups is 1. The first kappa shape index (κ1) is 22.1. The number of fused-ring (bicyclic) bond motifs is 1. The van der Waals surface area contributed by atoms with E-state index in [2.05, 4.69) is 4.72 Å². The van der Waals surface area contributed by atoms with Crippen LogP contribution in [0, 0.1) is 10.1 Å². The number of hydrogen-bond donors (Lipinski definition) is 1. The van der Waals surface area contributed by atoms with Gasteiger partial charge in [0.2, 0.25) is 20.7 Å². The fourth-order valence-corrected chi connectivity index (χ4v) is 4.22. The van der Waals surface area contributed by atoms with Crippen molar-refractivity contribution in [3.63, 3.8) is 0 Å². The van der Waals surface area contributed by atoms with Crippen LogP contribution in [0.15, 0.2) is 54.7 Å². The Bertz CT molecular complexity index is 1130. The van der Waals surface area contributed by atoms with E-state index in [1.807, 2.05) is 0 Å². The minimum absolute atomic E-state index is 0.00456. The third-order valence-electron chi connectivity index (χ3n) is 4.89. The minimum atomic E-state index is -3.39. The molecule has 1 N–H and O–H groups in total. The summed E-state index contributed by atoms with van der Waals surface area (Å²) in [6, 6.07) is 13.7. The van der Waals surface area contributed by atoms with E-state index in [-0.39, 0.29) is 37.3 Å². The van der Waals surface area contributed by atoms with Crippen molar-refractivity contribution in [2.75, 3.05) is 19.3 Å². The van der Waals surface area contributed by atoms with Gasteiger partial charge in [0.15, 0.2) is 12.0 Å². The van der Waals surface area contributed by atoms with Gasteiger partial charge >= 0.3 is 0 Å². The van der Waals surface area contributed by atoms with E-state index in [9.17, 15) is 23.3 Å². The second-order valence-electron chi connectivity index (χ2n) is 7.06. The van der Waals surface area contributed by atoms with Gasteiger partial charge in [-0.2, -0.15) is 0 Å². The van der Waals surface area contributed by atoms with Gasteiger partial charge in [0.1, 0.15) is 6.54 Å². The summed E-state index contributed by atoms with van der Waals surface area (Å²) in [5.41, 5.74) is 1.79. The van der Waals surface area contributed by atoms with Crippen molar-refractivity contribution in [2.24, 2.45) is 0 Å². The van der Waals surface area contributed by atoms with Crippen LogP contribution in [0.5, 0.6) is 0 Å². The van der Waals surface area contributed by atoms with Crippen molar-refractivity contribution in [1.29, 1.82) is 0 Å². The first-order chi connectivity index (χ1) is 14.1. The summed E-state index contributed by atoms with van der Waals surface area (Å²) >= 11 is 6.16. The van der Waals surface area contributed by atoms with E-state index in [4.69, 9.17) is 11.6 Å². The van der Waals surface area contributed by atoms with Crippen LogP contribution < -0.4 is 9.31 Å². The highest BCUT2D eigenvalue weighted by molar-refractivity contribution is 7.88. The second kappa shape index (κ2) is 8.65. The van der Waals surface area contributed by atoms with Crippen LogP contribution >= 0.6 is 11.6 Å². The Kier molecular flexibility index (Phi) is 6.37. The number of nitrogens with zero attached hydrogens (tertiary/aromatic N) is 2. The Morgan fingerprint density at radius 3 is 2.50 bits per heavy atom. The summed E-state index contributed by atoms with van der Waals surface area (Å²) in [6.45, 7) is 0.0565. The van der Waals surface area contributed by atoms with E-state index in [0.717, 1.165) is 6.26 Å². The van der Waals surface area contributed by atoms with Crippen LogP contribution in [-0.4, -0.2) is 38.6 Å². The minimum Gasteiger partial charge on any atom is -0.294 e. The number of hydrogen-bond acceptors (Lipinski definition) is 5. The summed E-state index contributed by atoms with van der Waals surface area (Å²) in [5.74, 6) is -0.272. The highest BCUT2D eigenvalue weighted by Crippen LogP contribution is 2.41. The molecule has 0 amide bonds. The largest absolute Gasteiger partial charge is 0.294 e. The van der Waals surface area contributed by atoms with Crippen molar-refractivity contribution < 1.29 is 18.2 Å². The van der Waals surface area contributed by atoms with Crippen molar-refractivity contribution in [1.82, 2.24) is 9.31 Å². The van der Waals surface area contributed by atoms with Gasteiger partial charge in [-0.3, -0.25) is 4.79 Å². The quantitative estimate of drug-likeness (QED) is 0.273. The van der Waals surface area contributed by atoms with Crippen LogP contribution in [0.2, 0.25) is 5.02 Å². The summed E-state index contributed by atoms with van der Waals surface area (Å²) in [4.78, 5) is 25.2. The first-order valence-corrected chi connectivity index (χ1v) is 11.5. The molecule has 0 radical (unpaired) electrons. The SMILES string of the molecule is CS(=O)(=O)NCCC[N+]1([N+](=O)[O-])C=C(C(=O)Cc2ccccc2Cl)c2ccccc21. The molecule has 1 unspecified atom stereocenters. The smallest absolute Gasteiger partial charge is 0.248 e. The fraction of sp³-hybridized carbons (Fsp3) is 0.250. The molecule has 30 heavy (non-hydrogen) atoms. The molecule has 1 aliphatic heterocycles. The molecule has 1 aliphatic rings. The number of rotatable bonds is 9. The molecule has 158 valence electrons. The van der Waals surface area contributed by atoms with Crippen LogP contribution in [0.25, 0.3) is 5.57 Å². The highest BCUT2D eigenvalue weighted by Gasteiger charge is 2.50. The number of nitrogens with one attached hydrogen (secondary N) is 1. The summed E-state index contributed by atoms with van der Waals surface area (Å²) < 4.78 is 24.1. The molecular formula is C20H21ClN3O5S+. The molecule has 10 heteroatoms. The number of benzene rings is 2. The van der Waals surface area contributed by atoms with Gasteiger partial charge in [-0.05, 0) is 17.7 Å². The maximum Gasteiger partial charge on any atom is 0.248 e. The molecule has 1 atom stereocenters. The van der Waals surface area contributed by atoms with Gasteiger partial charge in [-0.15, -0.1) is 0 Å². The van der Waals surface area contributed by atoms with Crippen molar-refractivity contribution in [3.05, 3.63) is 81.0 Å². The molecule has 0 aromatic heterocycles. The van der Waals surface area contributed by atoms with Crippen molar-refractivity contribution >= 4 is 38.7 Å². The molecule has 3 rings (SSSR count). The number of Topliss-reactive ketones (excluding diaryl/α,β-unsaturated/α-hetero) is 1. The number of sulfonamides is 1. The standard InChI is InChI=1S/C20H21ClN3O5S/c1-30(28,29)22-11-6-12-24(23(26)27)14-17(16-8-3-5-10-19(16)24)20(25)13-15-7-2-4-9-18(15)21/h2-5,7-10,14,22H,6,11-13H2,1H3/q+1. The van der Waals surface area contributed by atoms with Crippen LogP contribution in [0.1, 0.15) is 17.5 Å². The van der Waals surface area contributed by atoms with Gasteiger partial charge < -0.3 is 0 Å². The molecule has 1 heterocycles. The van der Waals surface area contributed by atoms with E-state index in [1.54, 1.807) is 48.5 Å². The number of allylic oxidation sites excluding steroid dienone is 1. The monoisotopic (exact) mass is 450 g/mol. The molecule has 2 aromatic carbocycles. The van der Waals surface area contributed by atoms with E-state index >= 15 is 0 Å². The Morgan fingerprint density at radius 1 is 1.17 bits per heavy atom. The molecule has 0 saturated heterocycles. The Hall–Kier alpha value is -2.59. The number of quaternary nitrogens is 1. The topological polar surface area (TPSA) is 106 Å². The third kappa shape index (κ3) is 4.59. The Morgan fingerprint density at radius 2 is 1.83 bits per heavy atom. The lowest BCUT2D eigenvalue weighted by molar-refractivity contribution is -0.626. The average molecular weight is 451 g/mol. The van der Waals surface area contributed by atoms with Gasteiger partial charge in [0.05, 0.1) is 17.4 Å². The number of halogens is 1. The normalized spacial score (nSPS) is 18.0. The Balaban J connectivity index is 1.93. The zero-order valence-electron chi connectivity index (χ0n) is 16.2. The van der Waals surface area contributed by atoms with E-state index in [0.29, 0.717) is 21.8 Å². The molecule has 2 aromatic rings. The lowest BCUT2D eigenvalue weighted by Gasteiger charge is -2.19. The molecule has 8 nitrogen and oxygen atoms in total. The third-order valence-corrected chi connectivity index (χ3v) is 5.99. The highest BCUT2D eigenvalue weighted by atomic mass is 35.5. The summed E-state index contributed by atoms with van der Waals surface area (Å²) in [7, 11) is -3.39. The average Bonchev–Trinajstić information content (AvgIpc) is 3.02. The van der Waals surface area contributed by atoms with Gasteiger partial charge in [0, 0.05) is 35.1 Å². The van der Waals surface area contributed by atoms with Crippen molar-refractivity contribution in [3.8, 4) is 0 Å². The summed E-state index contributed by atoms with van der Waals surface area (Å²) in [6.07, 6.45) is 2.61. The zero-order valence-corrected chi connectivity index (χ0v) is 17.8. The maximum atomic E-state index is 13.1. The van der Waals surface area contributed by atoms with E-state index in [1.165, 1.54) is 6.20 Å². The zero-order chi connectivity index (χ0) is 21.9. The predicted molar refractivity (Wildman–Crippen MR) is 116 cm³/mol. The predicted octanol–water partition coefficient (Wildman–Crippen LogP) is 2.94. The summed E-state index contributed by atoms with van der Waals surface area (Å²) in [5, 5.41) is 12.1. The lowest BCUT2D eigenvalue weighted by atomic mass is 9.98. The first-order valence-electron chi connectivity index (χ1n) is 9.21. The number of carbonyl (C=O) groups excluding carboxylic acids is 1. The number of para-hydroxylation sites is 1. The van der Waals surface area contributed by atoms with Gasteiger partial charge in [0.25, 0.3) is 0 Å². The molecule has 0 spiro atoms. The van der Waals surface area contributed by atoms with E-state index < -0.39 is 19.6 Å². The molecule has 0 aliphatic carbocycles. The van der Waals surface area contributed by atoms with Gasteiger partial charge in [-0.25, -0.2) is 23.3 Å². The molecule has 0 bridgehead atoms. The maximum absolute atomic E-state index is 13.1. The Labute approximate surface area is 179 Å². The molecule has 0 fully saturated rings. The second-order valence-corrected chi connectivity index (χ2v) is 9.30. The number of carbonyl (C=O) groups is 1. The molecule has 0 saturated carbocycles. The van der Waals surface area contributed by atoms with Crippen LogP contribution in [0.3, 0.4) is 0 Å². The fourth-order valence-electron chi connectivity index (χ4n) is 3.50. The van der Waals surface area contributed by atoms with Gasteiger partial charge in [-0.1, -0.05) is 41.9 Å². The van der Waals surface area contributed by atoms with Crippen LogP contribution in [0.4, 0.5) is 5.69 Å². The lowest BCUT2D eigenvalue weighted by Crippen LogP contribution is -2.49. The van der Waals surface area contributed by atoms with Crippen molar-refractivity contribution in [2.45, 2.75) is 12.8 Å².